The molecule has 4 heteroatoms. The first-order valence-electron chi connectivity index (χ1n) is 4.98. The van der Waals surface area contributed by atoms with Crippen LogP contribution in [0.4, 0.5) is 0 Å². The number of carbonyl (C=O) groups is 1. The van der Waals surface area contributed by atoms with Crippen LogP contribution in [0.5, 0.6) is 5.75 Å². The SMILES string of the molecule is COc1cncc(-c2cc(C=O)ccc2Cl)c1. The van der Waals surface area contributed by atoms with E-state index in [1.54, 1.807) is 37.7 Å². The summed E-state index contributed by atoms with van der Waals surface area (Å²) in [7, 11) is 1.57. The fourth-order valence-electron chi connectivity index (χ4n) is 1.52. The molecule has 86 valence electrons. The predicted molar refractivity (Wildman–Crippen MR) is 66.6 cm³/mol. The van der Waals surface area contributed by atoms with Gasteiger partial charge in [-0.2, -0.15) is 0 Å². The van der Waals surface area contributed by atoms with Crippen molar-refractivity contribution in [2.45, 2.75) is 0 Å². The highest BCUT2D eigenvalue weighted by Gasteiger charge is 2.06. The third-order valence-corrected chi connectivity index (χ3v) is 2.72. The van der Waals surface area contributed by atoms with Gasteiger partial charge in [0.2, 0.25) is 0 Å². The molecule has 0 saturated carbocycles. The zero-order valence-corrected chi connectivity index (χ0v) is 9.94. The van der Waals surface area contributed by atoms with Crippen molar-refractivity contribution in [3.05, 3.63) is 47.2 Å². The Morgan fingerprint density at radius 3 is 2.82 bits per heavy atom. The van der Waals surface area contributed by atoms with Gasteiger partial charge in [-0.1, -0.05) is 17.7 Å². The number of pyridine rings is 1. The highest BCUT2D eigenvalue weighted by molar-refractivity contribution is 6.33. The lowest BCUT2D eigenvalue weighted by Crippen LogP contribution is -1.88. The number of hydrogen-bond acceptors (Lipinski definition) is 3. The van der Waals surface area contributed by atoms with Crippen molar-refractivity contribution < 1.29 is 9.53 Å². The molecule has 1 heterocycles. The van der Waals surface area contributed by atoms with Gasteiger partial charge < -0.3 is 4.74 Å². The number of carbonyl (C=O) groups excluding carboxylic acids is 1. The first-order chi connectivity index (χ1) is 8.24. The Morgan fingerprint density at radius 1 is 1.29 bits per heavy atom. The molecule has 1 aromatic carbocycles. The van der Waals surface area contributed by atoms with E-state index in [-0.39, 0.29) is 0 Å². The lowest BCUT2D eigenvalue weighted by molar-refractivity contribution is 0.112. The Balaban J connectivity index is 2.54. The second-order valence-electron chi connectivity index (χ2n) is 3.47. The summed E-state index contributed by atoms with van der Waals surface area (Å²) in [4.78, 5) is 14.8. The van der Waals surface area contributed by atoms with Crippen molar-refractivity contribution >= 4 is 17.9 Å². The van der Waals surface area contributed by atoms with E-state index in [0.717, 1.165) is 17.4 Å². The highest BCUT2D eigenvalue weighted by atomic mass is 35.5. The van der Waals surface area contributed by atoms with E-state index >= 15 is 0 Å². The minimum absolute atomic E-state index is 0.575. The van der Waals surface area contributed by atoms with Crippen LogP contribution in [0.3, 0.4) is 0 Å². The standard InChI is InChI=1S/C13H10ClNO2/c1-17-11-5-10(6-15-7-11)12-4-9(8-16)2-3-13(12)14/h2-8H,1H3. The molecular formula is C13H10ClNO2. The molecular weight excluding hydrogens is 238 g/mol. The number of aldehydes is 1. The van der Waals surface area contributed by atoms with E-state index in [4.69, 9.17) is 16.3 Å². The molecule has 3 nitrogen and oxygen atoms in total. The number of methoxy groups -OCH3 is 1. The fraction of sp³-hybridized carbons (Fsp3) is 0.0769. The van der Waals surface area contributed by atoms with Crippen LogP contribution in [0.2, 0.25) is 5.02 Å². The third kappa shape index (κ3) is 2.45. The Morgan fingerprint density at radius 2 is 2.12 bits per heavy atom. The zero-order chi connectivity index (χ0) is 12.3. The molecule has 2 aromatic rings. The minimum Gasteiger partial charge on any atom is -0.495 e. The number of rotatable bonds is 3. The number of halogens is 1. The highest BCUT2D eigenvalue weighted by Crippen LogP contribution is 2.29. The van der Waals surface area contributed by atoms with Gasteiger partial charge in [-0.3, -0.25) is 9.78 Å². The lowest BCUT2D eigenvalue weighted by atomic mass is 10.1. The lowest BCUT2D eigenvalue weighted by Gasteiger charge is -2.06. The first kappa shape index (κ1) is 11.6. The third-order valence-electron chi connectivity index (χ3n) is 2.39. The summed E-state index contributed by atoms with van der Waals surface area (Å²) in [6.07, 6.45) is 4.08. The Labute approximate surface area is 104 Å². The topological polar surface area (TPSA) is 39.2 Å². The zero-order valence-electron chi connectivity index (χ0n) is 9.18. The van der Waals surface area contributed by atoms with Gasteiger partial charge in [0.15, 0.2) is 0 Å². The molecule has 0 N–H and O–H groups in total. The molecule has 0 radical (unpaired) electrons. The van der Waals surface area contributed by atoms with E-state index in [0.29, 0.717) is 16.3 Å². The van der Waals surface area contributed by atoms with Crippen LogP contribution in [0.1, 0.15) is 10.4 Å². The summed E-state index contributed by atoms with van der Waals surface area (Å²) in [6.45, 7) is 0. The molecule has 0 aliphatic rings. The number of ether oxygens (including phenoxy) is 1. The fourth-order valence-corrected chi connectivity index (χ4v) is 1.74. The van der Waals surface area contributed by atoms with Crippen LogP contribution in [0.25, 0.3) is 11.1 Å². The van der Waals surface area contributed by atoms with Crippen molar-refractivity contribution in [3.63, 3.8) is 0 Å². The maximum atomic E-state index is 10.7. The monoisotopic (exact) mass is 247 g/mol. The summed E-state index contributed by atoms with van der Waals surface area (Å²) >= 11 is 6.10. The van der Waals surface area contributed by atoms with Gasteiger partial charge in [-0.25, -0.2) is 0 Å². The molecule has 0 atom stereocenters. The van der Waals surface area contributed by atoms with Gasteiger partial charge in [0, 0.05) is 27.9 Å². The van der Waals surface area contributed by atoms with Crippen LogP contribution in [-0.2, 0) is 0 Å². The maximum Gasteiger partial charge on any atom is 0.150 e. The molecule has 0 unspecified atom stereocenters. The largest absolute Gasteiger partial charge is 0.495 e. The molecule has 17 heavy (non-hydrogen) atoms. The molecule has 1 aromatic heterocycles. The quantitative estimate of drug-likeness (QED) is 0.782. The molecule has 0 fully saturated rings. The van der Waals surface area contributed by atoms with Gasteiger partial charge >= 0.3 is 0 Å². The second kappa shape index (κ2) is 4.97. The molecule has 0 aliphatic heterocycles. The van der Waals surface area contributed by atoms with Crippen LogP contribution in [-0.4, -0.2) is 18.4 Å². The smallest absolute Gasteiger partial charge is 0.150 e. The summed E-state index contributed by atoms with van der Waals surface area (Å²) in [6, 6.07) is 6.92. The van der Waals surface area contributed by atoms with E-state index in [9.17, 15) is 4.79 Å². The summed E-state index contributed by atoms with van der Waals surface area (Å²) in [5, 5.41) is 0.575. The number of hydrogen-bond donors (Lipinski definition) is 0. The summed E-state index contributed by atoms with van der Waals surface area (Å²) in [5.74, 6) is 0.648. The summed E-state index contributed by atoms with van der Waals surface area (Å²) < 4.78 is 5.10. The minimum atomic E-state index is 0.575. The van der Waals surface area contributed by atoms with Crippen LogP contribution in [0.15, 0.2) is 36.7 Å². The van der Waals surface area contributed by atoms with Gasteiger partial charge in [-0.05, 0) is 18.2 Å². The van der Waals surface area contributed by atoms with Crippen molar-refractivity contribution in [1.82, 2.24) is 4.98 Å². The Hall–Kier alpha value is -1.87. The van der Waals surface area contributed by atoms with Crippen molar-refractivity contribution in [2.24, 2.45) is 0 Å². The Kier molecular flexibility index (Phi) is 3.40. The van der Waals surface area contributed by atoms with E-state index in [1.807, 2.05) is 6.07 Å². The predicted octanol–water partition coefficient (Wildman–Crippen LogP) is 3.22. The average Bonchev–Trinajstić information content (AvgIpc) is 2.39. The molecule has 0 spiro atoms. The van der Waals surface area contributed by atoms with Gasteiger partial charge in [0.25, 0.3) is 0 Å². The number of nitrogens with zero attached hydrogens (tertiary/aromatic N) is 1. The van der Waals surface area contributed by atoms with E-state index in [2.05, 4.69) is 4.98 Å². The van der Waals surface area contributed by atoms with Gasteiger partial charge in [0.05, 0.1) is 13.3 Å². The molecule has 0 aliphatic carbocycles. The van der Waals surface area contributed by atoms with Crippen molar-refractivity contribution in [2.75, 3.05) is 7.11 Å². The van der Waals surface area contributed by atoms with Crippen molar-refractivity contribution in [3.8, 4) is 16.9 Å². The first-order valence-corrected chi connectivity index (χ1v) is 5.36. The van der Waals surface area contributed by atoms with Gasteiger partial charge in [-0.15, -0.1) is 0 Å². The Bertz CT molecular complexity index is 555. The average molecular weight is 248 g/mol. The normalized spacial score (nSPS) is 10.0. The number of aromatic nitrogens is 1. The van der Waals surface area contributed by atoms with Crippen molar-refractivity contribution in [1.29, 1.82) is 0 Å². The van der Waals surface area contributed by atoms with Crippen LogP contribution < -0.4 is 4.74 Å². The molecule has 0 amide bonds. The molecule has 0 saturated heterocycles. The van der Waals surface area contributed by atoms with E-state index in [1.165, 1.54) is 0 Å². The van der Waals surface area contributed by atoms with Gasteiger partial charge in [0.1, 0.15) is 12.0 Å². The van der Waals surface area contributed by atoms with E-state index < -0.39 is 0 Å². The van der Waals surface area contributed by atoms with Crippen LogP contribution >= 0.6 is 11.6 Å². The molecule has 0 bridgehead atoms. The summed E-state index contributed by atoms with van der Waals surface area (Å²) in [5.41, 5.74) is 2.16. The maximum absolute atomic E-state index is 10.7. The van der Waals surface area contributed by atoms with Crippen LogP contribution in [0, 0.1) is 0 Å². The number of benzene rings is 1. The second-order valence-corrected chi connectivity index (χ2v) is 3.88. The molecule has 2 rings (SSSR count).